The highest BCUT2D eigenvalue weighted by Gasteiger charge is 2.18. The van der Waals surface area contributed by atoms with Crippen LogP contribution in [0.3, 0.4) is 0 Å². The summed E-state index contributed by atoms with van der Waals surface area (Å²) in [5.74, 6) is 5.09. The Morgan fingerprint density at radius 1 is 1.16 bits per heavy atom. The van der Waals surface area contributed by atoms with Crippen LogP contribution in [0.2, 0.25) is 0 Å². The van der Waals surface area contributed by atoms with Crippen LogP contribution in [-0.2, 0) is 16.2 Å². The Kier molecular flexibility index (Phi) is 7.29. The Morgan fingerprint density at radius 3 is 2.60 bits per heavy atom. The Morgan fingerprint density at radius 2 is 1.92 bits per heavy atom. The maximum absolute atomic E-state index is 11.6. The maximum Gasteiger partial charge on any atom is 0.328 e. The highest BCUT2D eigenvalue weighted by molar-refractivity contribution is 5.72. The van der Waals surface area contributed by atoms with Gasteiger partial charge in [-0.25, -0.2) is 0 Å². The molecule has 0 fully saturated rings. The summed E-state index contributed by atoms with van der Waals surface area (Å²) in [7, 11) is 0. The molecule has 5 nitrogen and oxygen atoms in total. The molecule has 0 aromatic heterocycles. The molecule has 0 aliphatic carbocycles. The van der Waals surface area contributed by atoms with Gasteiger partial charge in [-0.05, 0) is 24.1 Å². The van der Waals surface area contributed by atoms with Gasteiger partial charge in [0.15, 0.2) is 0 Å². The molecule has 0 aliphatic heterocycles. The van der Waals surface area contributed by atoms with Gasteiger partial charge in [-0.3, -0.25) is 4.79 Å². The number of carbonyl (C=O) groups excluding carboxylic acids is 1. The Hall–Kier alpha value is -2.53. The highest BCUT2D eigenvalue weighted by Crippen LogP contribution is 2.23. The monoisotopic (exact) mass is 342 g/mol. The summed E-state index contributed by atoms with van der Waals surface area (Å²) in [6.45, 7) is 5.83. The number of nitrogens with zero attached hydrogens (tertiary/aromatic N) is 1. The lowest BCUT2D eigenvalue weighted by atomic mass is 10.1. The molecule has 0 aliphatic rings. The van der Waals surface area contributed by atoms with Crippen molar-refractivity contribution in [2.45, 2.75) is 26.9 Å². The Bertz CT molecular complexity index is 661. The number of nitrogens with two attached hydrogens (primary N) is 1. The molecule has 1 unspecified atom stereocenters. The fourth-order valence-electron chi connectivity index (χ4n) is 2.63. The first-order valence-electron chi connectivity index (χ1n) is 8.56. The third kappa shape index (κ3) is 5.80. The van der Waals surface area contributed by atoms with Crippen LogP contribution in [0.5, 0.6) is 5.75 Å². The number of ether oxygens (including phenoxy) is 1. The average molecular weight is 342 g/mol. The normalized spacial score (nSPS) is 11.6. The van der Waals surface area contributed by atoms with Gasteiger partial charge in [0.1, 0.15) is 12.4 Å². The summed E-state index contributed by atoms with van der Waals surface area (Å²) >= 11 is 0. The maximum atomic E-state index is 11.6. The van der Waals surface area contributed by atoms with Gasteiger partial charge in [-0.1, -0.05) is 50.2 Å². The number of rotatable bonds is 9. The molecule has 2 N–H and O–H groups in total. The van der Waals surface area contributed by atoms with E-state index >= 15 is 0 Å². The summed E-state index contributed by atoms with van der Waals surface area (Å²) in [6, 6.07) is 18.0. The summed E-state index contributed by atoms with van der Waals surface area (Å²) in [5.41, 5.74) is 2.14. The predicted molar refractivity (Wildman–Crippen MR) is 99.2 cm³/mol. The van der Waals surface area contributed by atoms with E-state index < -0.39 is 5.97 Å². The molecule has 2 aromatic rings. The molecule has 0 amide bonds. The standard InChI is InChI=1S/C20H26N2O3/c1-3-12-22(14-16(2)20(23)25-21)18-10-7-11-19(13-18)24-15-17-8-5-4-6-9-17/h4-11,13,16H,3,12,14-15,21H2,1-2H3. The third-order valence-electron chi connectivity index (χ3n) is 3.94. The largest absolute Gasteiger partial charge is 0.489 e. The molecule has 0 heterocycles. The molecule has 0 saturated carbocycles. The van der Waals surface area contributed by atoms with Gasteiger partial charge in [-0.15, -0.1) is 0 Å². The van der Waals surface area contributed by atoms with Crippen molar-refractivity contribution < 1.29 is 14.4 Å². The van der Waals surface area contributed by atoms with Gasteiger partial charge in [0, 0.05) is 24.8 Å². The minimum absolute atomic E-state index is 0.301. The van der Waals surface area contributed by atoms with Crippen LogP contribution in [0.1, 0.15) is 25.8 Å². The lowest BCUT2D eigenvalue weighted by Gasteiger charge is -2.27. The summed E-state index contributed by atoms with van der Waals surface area (Å²) < 4.78 is 5.90. The third-order valence-corrected chi connectivity index (χ3v) is 3.94. The first-order chi connectivity index (χ1) is 12.1. The van der Waals surface area contributed by atoms with Gasteiger partial charge in [0.2, 0.25) is 0 Å². The van der Waals surface area contributed by atoms with Crippen molar-refractivity contribution in [3.63, 3.8) is 0 Å². The van der Waals surface area contributed by atoms with Crippen LogP contribution in [0, 0.1) is 5.92 Å². The highest BCUT2D eigenvalue weighted by atomic mass is 16.7. The average Bonchev–Trinajstić information content (AvgIpc) is 2.66. The zero-order chi connectivity index (χ0) is 18.1. The van der Waals surface area contributed by atoms with E-state index in [1.54, 1.807) is 0 Å². The fourth-order valence-corrected chi connectivity index (χ4v) is 2.63. The predicted octanol–water partition coefficient (Wildman–Crippen LogP) is 3.54. The molecule has 0 bridgehead atoms. The molecule has 0 radical (unpaired) electrons. The van der Waals surface area contributed by atoms with Crippen LogP contribution < -0.4 is 15.5 Å². The first-order valence-corrected chi connectivity index (χ1v) is 8.56. The number of hydrogen-bond acceptors (Lipinski definition) is 5. The van der Waals surface area contributed by atoms with Crippen LogP contribution in [0.4, 0.5) is 5.69 Å². The summed E-state index contributed by atoms with van der Waals surface area (Å²) in [6.07, 6.45) is 0.972. The van der Waals surface area contributed by atoms with E-state index in [4.69, 9.17) is 10.6 Å². The zero-order valence-electron chi connectivity index (χ0n) is 14.9. The molecule has 0 spiro atoms. The van der Waals surface area contributed by atoms with E-state index in [2.05, 4.69) is 16.7 Å². The second kappa shape index (κ2) is 9.69. The summed E-state index contributed by atoms with van der Waals surface area (Å²) in [4.78, 5) is 18.1. The van der Waals surface area contributed by atoms with Gasteiger partial charge in [-0.2, -0.15) is 5.90 Å². The fraction of sp³-hybridized carbons (Fsp3) is 0.350. The van der Waals surface area contributed by atoms with E-state index in [0.29, 0.717) is 13.2 Å². The van der Waals surface area contributed by atoms with Crippen molar-refractivity contribution in [3.05, 3.63) is 60.2 Å². The second-order valence-corrected chi connectivity index (χ2v) is 6.06. The minimum Gasteiger partial charge on any atom is -0.489 e. The number of benzene rings is 2. The lowest BCUT2D eigenvalue weighted by Crippen LogP contribution is -2.34. The second-order valence-electron chi connectivity index (χ2n) is 6.06. The van der Waals surface area contributed by atoms with E-state index in [-0.39, 0.29) is 5.92 Å². The van der Waals surface area contributed by atoms with Crippen molar-refractivity contribution in [2.24, 2.45) is 11.8 Å². The van der Waals surface area contributed by atoms with Crippen molar-refractivity contribution in [2.75, 3.05) is 18.0 Å². The van der Waals surface area contributed by atoms with Gasteiger partial charge in [0.25, 0.3) is 0 Å². The van der Waals surface area contributed by atoms with Crippen LogP contribution in [0.15, 0.2) is 54.6 Å². The van der Waals surface area contributed by atoms with E-state index in [1.165, 1.54) is 0 Å². The van der Waals surface area contributed by atoms with Gasteiger partial charge < -0.3 is 14.5 Å². The van der Waals surface area contributed by atoms with Crippen LogP contribution in [0.25, 0.3) is 0 Å². The SMILES string of the molecule is CCCN(CC(C)C(=O)ON)c1cccc(OCc2ccccc2)c1. The number of carbonyl (C=O) groups is 1. The quantitative estimate of drug-likeness (QED) is 0.706. The lowest BCUT2D eigenvalue weighted by molar-refractivity contribution is -0.148. The zero-order valence-corrected chi connectivity index (χ0v) is 14.9. The molecular weight excluding hydrogens is 316 g/mol. The molecule has 2 aromatic carbocycles. The summed E-state index contributed by atoms with van der Waals surface area (Å²) in [5, 5.41) is 0. The van der Waals surface area contributed by atoms with Gasteiger partial charge >= 0.3 is 5.97 Å². The molecular formula is C20H26N2O3. The van der Waals surface area contributed by atoms with Crippen molar-refractivity contribution in [3.8, 4) is 5.75 Å². The van der Waals surface area contributed by atoms with Crippen molar-refractivity contribution >= 4 is 11.7 Å². The molecule has 2 rings (SSSR count). The van der Waals surface area contributed by atoms with E-state index in [9.17, 15) is 4.79 Å². The van der Waals surface area contributed by atoms with Crippen molar-refractivity contribution in [1.29, 1.82) is 0 Å². The first kappa shape index (κ1) is 18.8. The molecule has 5 heteroatoms. The topological polar surface area (TPSA) is 64.8 Å². The molecule has 0 saturated heterocycles. The van der Waals surface area contributed by atoms with E-state index in [1.807, 2.05) is 61.5 Å². The van der Waals surface area contributed by atoms with Crippen LogP contribution >= 0.6 is 0 Å². The molecule has 1 atom stereocenters. The molecule has 25 heavy (non-hydrogen) atoms. The van der Waals surface area contributed by atoms with Crippen LogP contribution in [-0.4, -0.2) is 19.1 Å². The smallest absolute Gasteiger partial charge is 0.328 e. The Balaban J connectivity index is 2.06. The van der Waals surface area contributed by atoms with Gasteiger partial charge in [0.05, 0.1) is 5.92 Å². The van der Waals surface area contributed by atoms with E-state index in [0.717, 1.165) is 30.0 Å². The number of anilines is 1. The molecule has 134 valence electrons. The Labute approximate surface area is 149 Å². The van der Waals surface area contributed by atoms with Crippen molar-refractivity contribution in [1.82, 2.24) is 0 Å². The minimum atomic E-state index is -0.405. The number of hydrogen-bond donors (Lipinski definition) is 1.